The van der Waals surface area contributed by atoms with Gasteiger partial charge in [0.25, 0.3) is 0 Å². The minimum absolute atomic E-state index is 0.150. The van der Waals surface area contributed by atoms with Crippen molar-refractivity contribution in [2.24, 2.45) is 5.92 Å². The molecule has 0 heterocycles. The van der Waals surface area contributed by atoms with Gasteiger partial charge >= 0.3 is 0 Å². The molecule has 2 heteroatoms. The van der Waals surface area contributed by atoms with Crippen molar-refractivity contribution in [2.45, 2.75) is 57.2 Å². The molecule has 0 aromatic heterocycles. The van der Waals surface area contributed by atoms with E-state index in [4.69, 9.17) is 0 Å². The van der Waals surface area contributed by atoms with Crippen LogP contribution in [0.2, 0.25) is 0 Å². The lowest BCUT2D eigenvalue weighted by Crippen LogP contribution is -2.39. The number of hydrogen-bond acceptors (Lipinski definition) is 2. The van der Waals surface area contributed by atoms with Crippen molar-refractivity contribution >= 4 is 0 Å². The molecule has 0 radical (unpaired) electrons. The fraction of sp³-hybridized carbons (Fsp3) is 0.625. The van der Waals surface area contributed by atoms with Crippen LogP contribution in [0.5, 0.6) is 0 Å². The average Bonchev–Trinajstić information content (AvgIpc) is 2.66. The van der Waals surface area contributed by atoms with Crippen LogP contribution in [0, 0.1) is 5.92 Å². The Morgan fingerprint density at radius 3 is 2.89 bits per heavy atom. The highest BCUT2D eigenvalue weighted by molar-refractivity contribution is 5.36. The summed E-state index contributed by atoms with van der Waals surface area (Å²) in [4.78, 5) is 0. The van der Waals surface area contributed by atoms with Crippen molar-refractivity contribution < 1.29 is 5.11 Å². The van der Waals surface area contributed by atoms with E-state index in [0.29, 0.717) is 6.04 Å². The van der Waals surface area contributed by atoms with E-state index in [-0.39, 0.29) is 12.1 Å². The summed E-state index contributed by atoms with van der Waals surface area (Å²) in [6, 6.07) is 9.18. The first-order valence-electron chi connectivity index (χ1n) is 7.26. The normalized spacial score (nSPS) is 35.4. The molecule has 1 saturated carbocycles. The maximum absolute atomic E-state index is 10.2. The average molecular weight is 245 g/mol. The Hall–Kier alpha value is -0.860. The fourth-order valence-corrected chi connectivity index (χ4v) is 3.61. The Morgan fingerprint density at radius 2 is 2.06 bits per heavy atom. The van der Waals surface area contributed by atoms with Gasteiger partial charge in [-0.15, -0.1) is 0 Å². The summed E-state index contributed by atoms with van der Waals surface area (Å²) in [5.74, 6) is 0.824. The number of rotatable bonds is 2. The van der Waals surface area contributed by atoms with Gasteiger partial charge in [0.2, 0.25) is 0 Å². The summed E-state index contributed by atoms with van der Waals surface area (Å²) < 4.78 is 0. The molecular weight excluding hydrogens is 222 g/mol. The zero-order valence-corrected chi connectivity index (χ0v) is 11.1. The van der Waals surface area contributed by atoms with Crippen molar-refractivity contribution in [3.8, 4) is 0 Å². The summed E-state index contributed by atoms with van der Waals surface area (Å²) in [6.07, 6.45) is 5.75. The van der Waals surface area contributed by atoms with Crippen molar-refractivity contribution in [3.63, 3.8) is 0 Å². The lowest BCUT2D eigenvalue weighted by Gasteiger charge is -2.31. The molecule has 2 aliphatic rings. The summed E-state index contributed by atoms with van der Waals surface area (Å²) in [6.45, 7) is 2.34. The van der Waals surface area contributed by atoms with Crippen molar-refractivity contribution in [1.82, 2.24) is 5.32 Å². The van der Waals surface area contributed by atoms with Crippen LogP contribution in [0.15, 0.2) is 24.3 Å². The number of nitrogens with one attached hydrogen (secondary N) is 1. The van der Waals surface area contributed by atoms with E-state index in [1.807, 2.05) is 0 Å². The minimum atomic E-state index is -0.250. The van der Waals surface area contributed by atoms with Crippen molar-refractivity contribution in [3.05, 3.63) is 35.4 Å². The van der Waals surface area contributed by atoms with Crippen LogP contribution in [0.3, 0.4) is 0 Å². The number of aliphatic hydroxyl groups is 1. The molecule has 0 aliphatic heterocycles. The van der Waals surface area contributed by atoms with Gasteiger partial charge in [-0.05, 0) is 29.9 Å². The van der Waals surface area contributed by atoms with Crippen LogP contribution >= 0.6 is 0 Å². The molecule has 0 spiro atoms. The monoisotopic (exact) mass is 245 g/mol. The van der Waals surface area contributed by atoms with Gasteiger partial charge in [-0.1, -0.05) is 44.0 Å². The highest BCUT2D eigenvalue weighted by Crippen LogP contribution is 2.33. The maximum atomic E-state index is 10.2. The predicted octanol–water partition coefficient (Wildman–Crippen LogP) is 2.81. The lowest BCUT2D eigenvalue weighted by molar-refractivity contribution is 0.126. The molecule has 1 fully saturated rings. The molecule has 1 aromatic carbocycles. The highest BCUT2D eigenvalue weighted by Gasteiger charge is 2.32. The predicted molar refractivity (Wildman–Crippen MR) is 73.4 cm³/mol. The van der Waals surface area contributed by atoms with Gasteiger partial charge in [0.05, 0.1) is 12.1 Å². The van der Waals surface area contributed by atoms with Crippen LogP contribution in [-0.4, -0.2) is 17.3 Å². The molecule has 4 atom stereocenters. The molecule has 3 rings (SSSR count). The van der Waals surface area contributed by atoms with E-state index in [1.165, 1.54) is 36.8 Å². The smallest absolute Gasteiger partial charge is 0.0775 e. The van der Waals surface area contributed by atoms with Crippen molar-refractivity contribution in [1.29, 1.82) is 0 Å². The third-order valence-electron chi connectivity index (χ3n) is 4.56. The van der Waals surface area contributed by atoms with E-state index in [9.17, 15) is 5.11 Å². The van der Waals surface area contributed by atoms with Gasteiger partial charge < -0.3 is 10.4 Å². The standard InChI is InChI=1S/C16H23NO/c1-11-5-4-7-13(9-11)17-16-14-8-3-2-6-12(14)10-15(16)18/h2-3,6,8,11,13,15-18H,4-5,7,9-10H2,1H3/t11?,13?,15-,16+/m0/s1. The molecule has 2 nitrogen and oxygen atoms in total. The van der Waals surface area contributed by atoms with Crippen LogP contribution in [0.4, 0.5) is 0 Å². The maximum Gasteiger partial charge on any atom is 0.0775 e. The Balaban J connectivity index is 1.72. The Bertz CT molecular complexity index is 417. The zero-order valence-electron chi connectivity index (χ0n) is 11.1. The first kappa shape index (κ1) is 12.2. The molecule has 2 unspecified atom stereocenters. The van der Waals surface area contributed by atoms with Crippen LogP contribution in [0.25, 0.3) is 0 Å². The van der Waals surface area contributed by atoms with Gasteiger partial charge in [0.15, 0.2) is 0 Å². The number of hydrogen-bond donors (Lipinski definition) is 2. The Kier molecular flexibility index (Phi) is 3.40. The number of benzene rings is 1. The van der Waals surface area contributed by atoms with E-state index >= 15 is 0 Å². The number of aliphatic hydroxyl groups excluding tert-OH is 1. The van der Waals surface area contributed by atoms with Gasteiger partial charge in [-0.3, -0.25) is 0 Å². The molecule has 1 aromatic rings. The summed E-state index contributed by atoms with van der Waals surface area (Å²) >= 11 is 0. The minimum Gasteiger partial charge on any atom is -0.391 e. The summed E-state index contributed by atoms with van der Waals surface area (Å²) in [5, 5.41) is 13.9. The summed E-state index contributed by atoms with van der Waals surface area (Å²) in [7, 11) is 0. The third-order valence-corrected chi connectivity index (χ3v) is 4.56. The topological polar surface area (TPSA) is 32.3 Å². The third kappa shape index (κ3) is 2.32. The van der Waals surface area contributed by atoms with Crippen LogP contribution in [-0.2, 0) is 6.42 Å². The van der Waals surface area contributed by atoms with E-state index in [0.717, 1.165) is 12.3 Å². The number of fused-ring (bicyclic) bond motifs is 1. The van der Waals surface area contributed by atoms with Gasteiger partial charge in [-0.2, -0.15) is 0 Å². The molecule has 0 saturated heterocycles. The highest BCUT2D eigenvalue weighted by atomic mass is 16.3. The van der Waals surface area contributed by atoms with E-state index < -0.39 is 0 Å². The molecule has 0 bridgehead atoms. The molecule has 0 amide bonds. The molecular formula is C16H23NO. The van der Waals surface area contributed by atoms with Gasteiger partial charge in [-0.25, -0.2) is 0 Å². The summed E-state index contributed by atoms with van der Waals surface area (Å²) in [5.41, 5.74) is 2.62. The van der Waals surface area contributed by atoms with E-state index in [1.54, 1.807) is 0 Å². The van der Waals surface area contributed by atoms with Gasteiger partial charge in [0.1, 0.15) is 0 Å². The lowest BCUT2D eigenvalue weighted by atomic mass is 9.86. The SMILES string of the molecule is CC1CCCC(N[C@@H]2c3ccccc3C[C@@H]2O)C1. The van der Waals surface area contributed by atoms with Crippen LogP contribution < -0.4 is 5.32 Å². The van der Waals surface area contributed by atoms with Crippen LogP contribution in [0.1, 0.15) is 49.8 Å². The second-order valence-corrected chi connectivity index (χ2v) is 6.08. The largest absolute Gasteiger partial charge is 0.391 e. The molecule has 18 heavy (non-hydrogen) atoms. The Morgan fingerprint density at radius 1 is 1.22 bits per heavy atom. The first-order valence-corrected chi connectivity index (χ1v) is 7.26. The van der Waals surface area contributed by atoms with E-state index in [2.05, 4.69) is 36.5 Å². The van der Waals surface area contributed by atoms with Crippen molar-refractivity contribution in [2.75, 3.05) is 0 Å². The van der Waals surface area contributed by atoms with Gasteiger partial charge in [0, 0.05) is 12.5 Å². The fourth-order valence-electron chi connectivity index (χ4n) is 3.61. The molecule has 2 N–H and O–H groups in total. The molecule has 98 valence electrons. The second-order valence-electron chi connectivity index (χ2n) is 6.08. The first-order chi connectivity index (χ1) is 8.74. The zero-order chi connectivity index (χ0) is 12.5. The second kappa shape index (κ2) is 5.02. The quantitative estimate of drug-likeness (QED) is 0.839. The molecule has 2 aliphatic carbocycles. The Labute approximate surface area is 109 Å².